The summed E-state index contributed by atoms with van der Waals surface area (Å²) in [5, 5.41) is 1.17. The second kappa shape index (κ2) is 5.04. The Balaban J connectivity index is 2.00. The molecule has 2 heteroatoms. The van der Waals surface area contributed by atoms with Crippen molar-refractivity contribution in [3.63, 3.8) is 0 Å². The zero-order valence-corrected chi connectivity index (χ0v) is 12.2. The summed E-state index contributed by atoms with van der Waals surface area (Å²) < 4.78 is 7.68. The van der Waals surface area contributed by atoms with Crippen molar-refractivity contribution in [3.05, 3.63) is 65.4 Å². The molecule has 2 aromatic carbocycles. The van der Waals surface area contributed by atoms with Crippen molar-refractivity contribution >= 4 is 10.9 Å². The van der Waals surface area contributed by atoms with Crippen LogP contribution in [0.25, 0.3) is 10.9 Å². The van der Waals surface area contributed by atoms with Crippen LogP contribution < -0.4 is 4.74 Å². The Labute approximate surface area is 119 Å². The van der Waals surface area contributed by atoms with E-state index in [9.17, 15) is 0 Å². The Kier molecular flexibility index (Phi) is 3.23. The molecule has 0 radical (unpaired) electrons. The minimum atomic E-state index is 0.887. The van der Waals surface area contributed by atoms with Gasteiger partial charge in [0, 0.05) is 18.1 Å². The molecule has 20 heavy (non-hydrogen) atoms. The van der Waals surface area contributed by atoms with Crippen molar-refractivity contribution in [2.75, 3.05) is 7.11 Å². The smallest absolute Gasteiger partial charge is 0.128 e. The fraction of sp³-hybridized carbons (Fsp3) is 0.222. The van der Waals surface area contributed by atoms with E-state index in [1.807, 2.05) is 12.1 Å². The molecule has 0 N–H and O–H groups in total. The van der Waals surface area contributed by atoms with Crippen LogP contribution in [0.4, 0.5) is 0 Å². The van der Waals surface area contributed by atoms with Gasteiger partial charge in [0.2, 0.25) is 0 Å². The second-order valence-corrected chi connectivity index (χ2v) is 5.26. The van der Waals surface area contributed by atoms with Gasteiger partial charge in [-0.15, -0.1) is 0 Å². The third kappa shape index (κ3) is 2.18. The highest BCUT2D eigenvalue weighted by atomic mass is 16.5. The van der Waals surface area contributed by atoms with E-state index >= 15 is 0 Å². The van der Waals surface area contributed by atoms with Crippen molar-refractivity contribution in [2.45, 2.75) is 20.4 Å². The van der Waals surface area contributed by atoms with Crippen LogP contribution in [0.1, 0.15) is 16.7 Å². The Bertz CT molecular complexity index is 755. The number of fused-ring (bicyclic) bond motifs is 1. The van der Waals surface area contributed by atoms with E-state index in [1.54, 1.807) is 7.11 Å². The highest BCUT2D eigenvalue weighted by Gasteiger charge is 2.06. The summed E-state index contributed by atoms with van der Waals surface area (Å²) in [4.78, 5) is 0. The van der Waals surface area contributed by atoms with Gasteiger partial charge in [0.05, 0.1) is 12.6 Å². The van der Waals surface area contributed by atoms with Gasteiger partial charge >= 0.3 is 0 Å². The third-order valence-corrected chi connectivity index (χ3v) is 3.92. The van der Waals surface area contributed by atoms with Crippen LogP contribution in [0.3, 0.4) is 0 Å². The van der Waals surface area contributed by atoms with Gasteiger partial charge < -0.3 is 9.30 Å². The van der Waals surface area contributed by atoms with Gasteiger partial charge in [-0.3, -0.25) is 0 Å². The zero-order chi connectivity index (χ0) is 14.1. The van der Waals surface area contributed by atoms with Crippen molar-refractivity contribution < 1.29 is 4.74 Å². The van der Waals surface area contributed by atoms with Gasteiger partial charge in [-0.1, -0.05) is 24.3 Å². The van der Waals surface area contributed by atoms with Crippen LogP contribution in [0.15, 0.2) is 48.7 Å². The van der Waals surface area contributed by atoms with Gasteiger partial charge in [-0.25, -0.2) is 0 Å². The monoisotopic (exact) mass is 265 g/mol. The lowest BCUT2D eigenvalue weighted by Gasteiger charge is -2.09. The molecular weight excluding hydrogens is 246 g/mol. The van der Waals surface area contributed by atoms with Crippen molar-refractivity contribution in [1.82, 2.24) is 4.57 Å². The number of benzene rings is 2. The molecule has 1 heterocycles. The maximum absolute atomic E-state index is 5.41. The number of nitrogens with zero attached hydrogens (tertiary/aromatic N) is 1. The summed E-state index contributed by atoms with van der Waals surface area (Å²) in [5.74, 6) is 0.932. The van der Waals surface area contributed by atoms with E-state index in [2.05, 4.69) is 54.9 Å². The van der Waals surface area contributed by atoms with Crippen LogP contribution in [-0.2, 0) is 6.54 Å². The fourth-order valence-electron chi connectivity index (χ4n) is 2.61. The number of ether oxygens (including phenoxy) is 1. The number of hydrogen-bond acceptors (Lipinski definition) is 1. The average Bonchev–Trinajstić information content (AvgIpc) is 2.86. The molecule has 0 atom stereocenters. The van der Waals surface area contributed by atoms with E-state index in [4.69, 9.17) is 4.74 Å². The Morgan fingerprint density at radius 1 is 1.00 bits per heavy atom. The van der Waals surface area contributed by atoms with Gasteiger partial charge in [0.15, 0.2) is 0 Å². The molecule has 0 bridgehead atoms. The fourth-order valence-corrected chi connectivity index (χ4v) is 2.61. The quantitative estimate of drug-likeness (QED) is 0.688. The largest absolute Gasteiger partial charge is 0.496 e. The molecule has 2 nitrogen and oxygen atoms in total. The van der Waals surface area contributed by atoms with Crippen molar-refractivity contribution in [2.24, 2.45) is 0 Å². The minimum absolute atomic E-state index is 0.887. The van der Waals surface area contributed by atoms with E-state index in [1.165, 1.54) is 27.6 Å². The molecule has 3 rings (SSSR count). The molecule has 1 aromatic heterocycles. The molecular formula is C18H19NO. The molecule has 0 aliphatic carbocycles. The summed E-state index contributed by atoms with van der Waals surface area (Å²) in [5.41, 5.74) is 5.22. The van der Waals surface area contributed by atoms with Gasteiger partial charge in [0.25, 0.3) is 0 Å². The molecule has 0 fully saturated rings. The molecule has 0 amide bonds. The topological polar surface area (TPSA) is 14.2 Å². The number of hydrogen-bond donors (Lipinski definition) is 0. The van der Waals surface area contributed by atoms with Crippen molar-refractivity contribution in [1.29, 1.82) is 0 Å². The molecule has 102 valence electrons. The van der Waals surface area contributed by atoms with Crippen LogP contribution >= 0.6 is 0 Å². The predicted octanol–water partition coefficient (Wildman–Crippen LogP) is 4.32. The summed E-state index contributed by atoms with van der Waals surface area (Å²) in [7, 11) is 1.72. The maximum atomic E-state index is 5.41. The van der Waals surface area contributed by atoms with E-state index < -0.39 is 0 Å². The molecule has 0 aliphatic heterocycles. The molecule has 0 spiro atoms. The first-order valence-electron chi connectivity index (χ1n) is 6.87. The van der Waals surface area contributed by atoms with E-state index in [0.717, 1.165) is 12.3 Å². The van der Waals surface area contributed by atoms with Gasteiger partial charge in [-0.05, 0) is 48.7 Å². The maximum Gasteiger partial charge on any atom is 0.128 e. The molecule has 0 unspecified atom stereocenters. The number of aryl methyl sites for hydroxylation is 2. The second-order valence-electron chi connectivity index (χ2n) is 5.26. The average molecular weight is 265 g/mol. The van der Waals surface area contributed by atoms with Crippen LogP contribution in [-0.4, -0.2) is 11.7 Å². The summed E-state index contributed by atoms with van der Waals surface area (Å²) >= 11 is 0. The number of methoxy groups -OCH3 is 1. The summed E-state index contributed by atoms with van der Waals surface area (Å²) in [6.07, 6.45) is 2.13. The lowest BCUT2D eigenvalue weighted by Crippen LogP contribution is -1.98. The normalized spacial score (nSPS) is 10.9. The summed E-state index contributed by atoms with van der Waals surface area (Å²) in [6.45, 7) is 5.20. The van der Waals surface area contributed by atoms with Crippen molar-refractivity contribution in [3.8, 4) is 5.75 Å². The highest BCUT2D eigenvalue weighted by Crippen LogP contribution is 2.26. The first kappa shape index (κ1) is 12.8. The Hall–Kier alpha value is -2.22. The molecule has 0 saturated carbocycles. The lowest BCUT2D eigenvalue weighted by molar-refractivity contribution is 0.420. The molecule has 0 aliphatic rings. The predicted molar refractivity (Wildman–Crippen MR) is 83.5 cm³/mol. The van der Waals surface area contributed by atoms with Crippen LogP contribution in [0.5, 0.6) is 5.75 Å². The van der Waals surface area contributed by atoms with E-state index in [-0.39, 0.29) is 0 Å². The van der Waals surface area contributed by atoms with Crippen LogP contribution in [0.2, 0.25) is 0 Å². The SMILES string of the molecule is COc1cccc2c1ccn2Cc1ccc(C)c(C)c1. The minimum Gasteiger partial charge on any atom is -0.496 e. The van der Waals surface area contributed by atoms with Gasteiger partial charge in [-0.2, -0.15) is 0 Å². The molecule has 3 aromatic rings. The first-order chi connectivity index (χ1) is 9.69. The number of rotatable bonds is 3. The lowest BCUT2D eigenvalue weighted by atomic mass is 10.1. The Morgan fingerprint density at radius 2 is 1.85 bits per heavy atom. The third-order valence-electron chi connectivity index (χ3n) is 3.92. The number of aromatic nitrogens is 1. The standard InChI is InChI=1S/C18H19NO/c1-13-7-8-15(11-14(13)2)12-19-10-9-16-17(19)5-4-6-18(16)20-3/h4-11H,12H2,1-3H3. The highest BCUT2D eigenvalue weighted by molar-refractivity contribution is 5.86. The van der Waals surface area contributed by atoms with E-state index in [0.29, 0.717) is 0 Å². The molecule has 0 saturated heterocycles. The zero-order valence-electron chi connectivity index (χ0n) is 12.2. The Morgan fingerprint density at radius 3 is 2.60 bits per heavy atom. The summed E-state index contributed by atoms with van der Waals surface area (Å²) in [6, 6.07) is 15.0. The first-order valence-corrected chi connectivity index (χ1v) is 6.87. The van der Waals surface area contributed by atoms with Gasteiger partial charge in [0.1, 0.15) is 5.75 Å². The van der Waals surface area contributed by atoms with Crippen LogP contribution in [0, 0.1) is 13.8 Å².